The third kappa shape index (κ3) is 2.74. The number of hydrogen-bond donors (Lipinski definition) is 1. The van der Waals surface area contributed by atoms with Crippen molar-refractivity contribution in [2.24, 2.45) is 0 Å². The second-order valence-corrected chi connectivity index (χ2v) is 6.27. The third-order valence-electron chi connectivity index (χ3n) is 4.83. The zero-order chi connectivity index (χ0) is 15.6. The standard InChI is InChI=1S/C17H21N5O/c23-17(22-9-5-14-15(11-22)20-12-19-14)16(21-7-1-2-8-21)13-4-3-6-18-10-13/h3-4,6,10,12,16H,1-2,5,7-9,11H2,(H,19,20)/t16-/m0/s1. The Kier molecular flexibility index (Phi) is 3.83. The molecule has 4 heterocycles. The van der Waals surface area contributed by atoms with Crippen molar-refractivity contribution in [3.05, 3.63) is 47.8 Å². The number of carbonyl (C=O) groups is 1. The highest BCUT2D eigenvalue weighted by Crippen LogP contribution is 2.28. The van der Waals surface area contributed by atoms with E-state index in [0.717, 1.165) is 55.8 Å². The molecule has 1 saturated heterocycles. The quantitative estimate of drug-likeness (QED) is 0.933. The van der Waals surface area contributed by atoms with Crippen LogP contribution in [0.2, 0.25) is 0 Å². The van der Waals surface area contributed by atoms with Crippen molar-refractivity contribution in [3.63, 3.8) is 0 Å². The van der Waals surface area contributed by atoms with E-state index in [1.807, 2.05) is 23.2 Å². The fraction of sp³-hybridized carbons (Fsp3) is 0.471. The monoisotopic (exact) mass is 311 g/mol. The molecule has 2 aliphatic heterocycles. The average Bonchev–Trinajstić information content (AvgIpc) is 3.27. The van der Waals surface area contributed by atoms with Crippen LogP contribution in [0.5, 0.6) is 0 Å². The van der Waals surface area contributed by atoms with Crippen LogP contribution in [-0.4, -0.2) is 50.3 Å². The Morgan fingerprint density at radius 1 is 1.26 bits per heavy atom. The predicted octanol–water partition coefficient (Wildman–Crippen LogP) is 1.53. The lowest BCUT2D eigenvalue weighted by Gasteiger charge is -2.34. The molecule has 2 aromatic rings. The first-order valence-electron chi connectivity index (χ1n) is 8.27. The summed E-state index contributed by atoms with van der Waals surface area (Å²) in [5.41, 5.74) is 3.15. The van der Waals surface area contributed by atoms with Crippen LogP contribution in [0.3, 0.4) is 0 Å². The second-order valence-electron chi connectivity index (χ2n) is 6.27. The SMILES string of the molecule is O=C([C@H](c1cccnc1)N1CCCC1)N1CCc2nc[nH]c2C1. The maximum atomic E-state index is 13.2. The first-order valence-corrected chi connectivity index (χ1v) is 8.27. The first kappa shape index (κ1) is 14.4. The van der Waals surface area contributed by atoms with E-state index in [1.54, 1.807) is 12.5 Å². The minimum atomic E-state index is -0.212. The fourth-order valence-electron chi connectivity index (χ4n) is 3.62. The molecule has 0 saturated carbocycles. The van der Waals surface area contributed by atoms with Gasteiger partial charge in [0.2, 0.25) is 5.91 Å². The van der Waals surface area contributed by atoms with Crippen LogP contribution in [0.25, 0.3) is 0 Å². The molecule has 2 aromatic heterocycles. The van der Waals surface area contributed by atoms with E-state index in [0.29, 0.717) is 6.54 Å². The van der Waals surface area contributed by atoms with Crippen molar-refractivity contribution in [2.75, 3.05) is 19.6 Å². The van der Waals surface area contributed by atoms with Crippen molar-refractivity contribution in [3.8, 4) is 0 Å². The number of aromatic amines is 1. The van der Waals surface area contributed by atoms with E-state index >= 15 is 0 Å². The number of nitrogens with zero attached hydrogens (tertiary/aromatic N) is 4. The highest BCUT2D eigenvalue weighted by Gasteiger charge is 2.34. The maximum Gasteiger partial charge on any atom is 0.244 e. The minimum absolute atomic E-state index is 0.181. The fourth-order valence-corrected chi connectivity index (χ4v) is 3.62. The van der Waals surface area contributed by atoms with E-state index in [4.69, 9.17) is 0 Å². The number of amides is 1. The normalized spacial score (nSPS) is 19.6. The van der Waals surface area contributed by atoms with E-state index in [2.05, 4.69) is 19.9 Å². The van der Waals surface area contributed by atoms with Crippen LogP contribution in [0.15, 0.2) is 30.9 Å². The molecule has 1 atom stereocenters. The van der Waals surface area contributed by atoms with Gasteiger partial charge in [-0.1, -0.05) is 6.07 Å². The van der Waals surface area contributed by atoms with Crippen molar-refractivity contribution in [2.45, 2.75) is 31.8 Å². The van der Waals surface area contributed by atoms with Crippen molar-refractivity contribution in [1.82, 2.24) is 24.8 Å². The molecule has 0 aromatic carbocycles. The van der Waals surface area contributed by atoms with Gasteiger partial charge in [0.15, 0.2) is 0 Å². The Bertz CT molecular complexity index is 677. The summed E-state index contributed by atoms with van der Waals surface area (Å²) in [5, 5.41) is 0. The largest absolute Gasteiger partial charge is 0.347 e. The Morgan fingerprint density at radius 3 is 2.91 bits per heavy atom. The molecule has 0 spiro atoms. The summed E-state index contributed by atoms with van der Waals surface area (Å²) in [5.74, 6) is 0.181. The summed E-state index contributed by atoms with van der Waals surface area (Å²) in [7, 11) is 0. The number of hydrogen-bond acceptors (Lipinski definition) is 4. The molecule has 120 valence electrons. The molecule has 0 unspecified atom stereocenters. The number of aromatic nitrogens is 3. The van der Waals surface area contributed by atoms with Gasteiger partial charge in [-0.05, 0) is 37.6 Å². The van der Waals surface area contributed by atoms with Crippen LogP contribution in [-0.2, 0) is 17.8 Å². The van der Waals surface area contributed by atoms with Gasteiger partial charge in [-0.25, -0.2) is 4.98 Å². The van der Waals surface area contributed by atoms with Gasteiger partial charge in [-0.15, -0.1) is 0 Å². The van der Waals surface area contributed by atoms with E-state index in [9.17, 15) is 4.79 Å². The first-order chi connectivity index (χ1) is 11.3. The Morgan fingerprint density at radius 2 is 2.13 bits per heavy atom. The van der Waals surface area contributed by atoms with Crippen LogP contribution in [0.1, 0.15) is 35.8 Å². The summed E-state index contributed by atoms with van der Waals surface area (Å²) in [6, 6.07) is 3.71. The van der Waals surface area contributed by atoms with Gasteiger partial charge in [0.25, 0.3) is 0 Å². The minimum Gasteiger partial charge on any atom is -0.347 e. The molecule has 2 aliphatic rings. The molecular formula is C17H21N5O. The van der Waals surface area contributed by atoms with Gasteiger partial charge >= 0.3 is 0 Å². The van der Waals surface area contributed by atoms with Gasteiger partial charge in [0.1, 0.15) is 6.04 Å². The van der Waals surface area contributed by atoms with Crippen molar-refractivity contribution in [1.29, 1.82) is 0 Å². The Labute approximate surface area is 135 Å². The molecule has 6 heteroatoms. The molecule has 1 fully saturated rings. The molecule has 0 aliphatic carbocycles. The van der Waals surface area contributed by atoms with E-state index < -0.39 is 0 Å². The van der Waals surface area contributed by atoms with Crippen molar-refractivity contribution < 1.29 is 4.79 Å². The number of fused-ring (bicyclic) bond motifs is 1. The van der Waals surface area contributed by atoms with Gasteiger partial charge in [-0.2, -0.15) is 0 Å². The lowest BCUT2D eigenvalue weighted by molar-refractivity contribution is -0.138. The van der Waals surface area contributed by atoms with Gasteiger partial charge in [-0.3, -0.25) is 14.7 Å². The van der Waals surface area contributed by atoms with Crippen LogP contribution in [0, 0.1) is 0 Å². The summed E-state index contributed by atoms with van der Waals surface area (Å²) in [6.07, 6.45) is 8.45. The number of pyridine rings is 1. The number of imidazole rings is 1. The molecular weight excluding hydrogens is 290 g/mol. The Hall–Kier alpha value is -2.21. The molecule has 0 radical (unpaired) electrons. The number of rotatable bonds is 3. The lowest BCUT2D eigenvalue weighted by atomic mass is 10.0. The highest BCUT2D eigenvalue weighted by atomic mass is 16.2. The average molecular weight is 311 g/mol. The van der Waals surface area contributed by atoms with Gasteiger partial charge < -0.3 is 9.88 Å². The zero-order valence-corrected chi connectivity index (χ0v) is 13.1. The smallest absolute Gasteiger partial charge is 0.244 e. The highest BCUT2D eigenvalue weighted by molar-refractivity contribution is 5.83. The predicted molar refractivity (Wildman–Crippen MR) is 85.5 cm³/mol. The number of likely N-dealkylation sites (tertiary alicyclic amines) is 1. The van der Waals surface area contributed by atoms with Crippen LogP contribution >= 0.6 is 0 Å². The second kappa shape index (κ2) is 6.12. The summed E-state index contributed by atoms with van der Waals surface area (Å²) < 4.78 is 0. The third-order valence-corrected chi connectivity index (χ3v) is 4.83. The molecule has 4 rings (SSSR count). The molecule has 23 heavy (non-hydrogen) atoms. The summed E-state index contributed by atoms with van der Waals surface area (Å²) in [4.78, 5) is 29.2. The van der Waals surface area contributed by atoms with Crippen molar-refractivity contribution >= 4 is 5.91 Å². The van der Waals surface area contributed by atoms with E-state index in [1.165, 1.54) is 0 Å². The number of H-pyrrole nitrogens is 1. The maximum absolute atomic E-state index is 13.2. The number of carbonyl (C=O) groups excluding carboxylic acids is 1. The molecule has 6 nitrogen and oxygen atoms in total. The molecule has 0 bridgehead atoms. The zero-order valence-electron chi connectivity index (χ0n) is 13.1. The molecule has 1 N–H and O–H groups in total. The summed E-state index contributed by atoms with van der Waals surface area (Å²) >= 11 is 0. The molecule has 1 amide bonds. The van der Waals surface area contributed by atoms with Gasteiger partial charge in [0.05, 0.1) is 24.3 Å². The Balaban J connectivity index is 1.60. The van der Waals surface area contributed by atoms with E-state index in [-0.39, 0.29) is 11.9 Å². The summed E-state index contributed by atoms with van der Waals surface area (Å²) in [6.45, 7) is 3.32. The van der Waals surface area contributed by atoms with Gasteiger partial charge in [0, 0.05) is 25.4 Å². The van der Waals surface area contributed by atoms with Crippen LogP contribution in [0.4, 0.5) is 0 Å². The lowest BCUT2D eigenvalue weighted by Crippen LogP contribution is -2.44. The van der Waals surface area contributed by atoms with Crippen LogP contribution < -0.4 is 0 Å². The number of nitrogens with one attached hydrogen (secondary N) is 1. The topological polar surface area (TPSA) is 65.1 Å².